The van der Waals surface area contributed by atoms with E-state index in [1.165, 1.54) is 6.42 Å². The minimum Gasteiger partial charge on any atom is -0.396 e. The second kappa shape index (κ2) is 5.03. The second-order valence-corrected chi connectivity index (χ2v) is 4.84. The van der Waals surface area contributed by atoms with Gasteiger partial charge in [0, 0.05) is 11.4 Å². The highest BCUT2D eigenvalue weighted by atomic mass is 32.2. The molecule has 0 saturated carbocycles. The third kappa shape index (κ3) is 5.12. The first-order valence-corrected chi connectivity index (χ1v) is 4.86. The number of aliphatic hydroxyl groups excluding tert-OH is 1. The van der Waals surface area contributed by atoms with Crippen LogP contribution in [-0.2, 0) is 0 Å². The Morgan fingerprint density at radius 3 is 2.40 bits per heavy atom. The summed E-state index contributed by atoms with van der Waals surface area (Å²) in [6.45, 7) is 7.02. The van der Waals surface area contributed by atoms with E-state index in [1.807, 2.05) is 11.8 Å². The van der Waals surface area contributed by atoms with Crippen molar-refractivity contribution in [1.29, 1.82) is 0 Å². The fraction of sp³-hybridized carbons (Fsp3) is 1.00. The summed E-state index contributed by atoms with van der Waals surface area (Å²) in [4.78, 5) is 0. The van der Waals surface area contributed by atoms with E-state index in [4.69, 9.17) is 5.11 Å². The number of thioether (sulfide) groups is 1. The quantitative estimate of drug-likeness (QED) is 0.626. The van der Waals surface area contributed by atoms with Crippen LogP contribution in [0.3, 0.4) is 0 Å². The van der Waals surface area contributed by atoms with Crippen LogP contribution in [0.25, 0.3) is 0 Å². The lowest BCUT2D eigenvalue weighted by molar-refractivity contribution is 0.296. The average Bonchev–Trinajstić information content (AvgIpc) is 1.89. The summed E-state index contributed by atoms with van der Waals surface area (Å²) >= 11 is 1.94. The molecule has 0 bridgehead atoms. The zero-order valence-corrected chi connectivity index (χ0v) is 8.00. The molecule has 0 saturated heterocycles. The van der Waals surface area contributed by atoms with Gasteiger partial charge in [-0.3, -0.25) is 0 Å². The largest absolute Gasteiger partial charge is 0.396 e. The maximum atomic E-state index is 8.52. The van der Waals surface area contributed by atoms with Crippen molar-refractivity contribution < 1.29 is 5.11 Å². The van der Waals surface area contributed by atoms with Gasteiger partial charge in [0.15, 0.2) is 0 Å². The molecule has 0 aliphatic rings. The van der Waals surface area contributed by atoms with Crippen LogP contribution in [0.4, 0.5) is 0 Å². The van der Waals surface area contributed by atoms with E-state index in [1.54, 1.807) is 0 Å². The Morgan fingerprint density at radius 2 is 2.00 bits per heavy atom. The SMILES string of the molecule is CCC(C)(C)SCCCO. The molecule has 0 aliphatic heterocycles. The van der Waals surface area contributed by atoms with Crippen LogP contribution in [0.15, 0.2) is 0 Å². The lowest BCUT2D eigenvalue weighted by atomic mass is 10.1. The van der Waals surface area contributed by atoms with Gasteiger partial charge in [0.05, 0.1) is 0 Å². The minimum atomic E-state index is 0.326. The van der Waals surface area contributed by atoms with Gasteiger partial charge in [0.25, 0.3) is 0 Å². The molecule has 0 aliphatic carbocycles. The van der Waals surface area contributed by atoms with Crippen LogP contribution >= 0.6 is 11.8 Å². The molecule has 1 N–H and O–H groups in total. The Morgan fingerprint density at radius 1 is 1.40 bits per heavy atom. The third-order valence-corrected chi connectivity index (χ3v) is 3.21. The number of hydrogen-bond acceptors (Lipinski definition) is 2. The predicted molar refractivity (Wildman–Crippen MR) is 48.5 cm³/mol. The highest BCUT2D eigenvalue weighted by molar-refractivity contribution is 8.00. The van der Waals surface area contributed by atoms with Gasteiger partial charge in [-0.1, -0.05) is 20.8 Å². The molecule has 62 valence electrons. The number of aliphatic hydroxyl groups is 1. The molecule has 2 heteroatoms. The lowest BCUT2D eigenvalue weighted by Gasteiger charge is -2.21. The molecule has 1 nitrogen and oxygen atoms in total. The Balaban J connectivity index is 3.28. The molecule has 0 spiro atoms. The van der Waals surface area contributed by atoms with Gasteiger partial charge in [0.1, 0.15) is 0 Å². The van der Waals surface area contributed by atoms with Crippen LogP contribution in [-0.4, -0.2) is 22.2 Å². The molecule has 0 aromatic rings. The van der Waals surface area contributed by atoms with Crippen LogP contribution in [0, 0.1) is 0 Å². The van der Waals surface area contributed by atoms with E-state index in [0.717, 1.165) is 12.2 Å². The molecule has 0 atom stereocenters. The fourth-order valence-corrected chi connectivity index (χ4v) is 1.55. The first kappa shape index (κ1) is 10.3. The van der Waals surface area contributed by atoms with Crippen molar-refractivity contribution >= 4 is 11.8 Å². The molecule has 0 unspecified atom stereocenters. The van der Waals surface area contributed by atoms with E-state index in [-0.39, 0.29) is 0 Å². The maximum absolute atomic E-state index is 8.52. The highest BCUT2D eigenvalue weighted by Gasteiger charge is 2.13. The lowest BCUT2D eigenvalue weighted by Crippen LogP contribution is -2.13. The molecule has 0 radical (unpaired) electrons. The van der Waals surface area contributed by atoms with Crippen molar-refractivity contribution in [3.05, 3.63) is 0 Å². The van der Waals surface area contributed by atoms with E-state index in [0.29, 0.717) is 11.4 Å². The zero-order valence-electron chi connectivity index (χ0n) is 7.18. The van der Waals surface area contributed by atoms with E-state index in [2.05, 4.69) is 20.8 Å². The molecule has 0 heterocycles. The van der Waals surface area contributed by atoms with Crippen LogP contribution in [0.2, 0.25) is 0 Å². The summed E-state index contributed by atoms with van der Waals surface area (Å²) in [5.41, 5.74) is 0. The van der Waals surface area contributed by atoms with Gasteiger partial charge < -0.3 is 5.11 Å². The normalized spacial score (nSPS) is 12.0. The monoisotopic (exact) mass is 162 g/mol. The Labute approximate surface area is 68.2 Å². The van der Waals surface area contributed by atoms with E-state index >= 15 is 0 Å². The topological polar surface area (TPSA) is 20.2 Å². The maximum Gasteiger partial charge on any atom is 0.0438 e. The fourth-order valence-electron chi connectivity index (χ4n) is 0.515. The Hall–Kier alpha value is 0.310. The van der Waals surface area contributed by atoms with Gasteiger partial charge >= 0.3 is 0 Å². The van der Waals surface area contributed by atoms with Crippen molar-refractivity contribution in [2.45, 2.75) is 38.4 Å². The summed E-state index contributed by atoms with van der Waals surface area (Å²) in [5.74, 6) is 1.08. The molecule has 0 amide bonds. The van der Waals surface area contributed by atoms with Crippen LogP contribution in [0.1, 0.15) is 33.6 Å². The van der Waals surface area contributed by atoms with E-state index in [9.17, 15) is 0 Å². The van der Waals surface area contributed by atoms with Crippen molar-refractivity contribution in [2.75, 3.05) is 12.4 Å². The summed E-state index contributed by atoms with van der Waals surface area (Å²) in [7, 11) is 0. The van der Waals surface area contributed by atoms with Gasteiger partial charge in [-0.25, -0.2) is 0 Å². The first-order valence-electron chi connectivity index (χ1n) is 3.87. The van der Waals surface area contributed by atoms with Crippen LogP contribution < -0.4 is 0 Å². The average molecular weight is 162 g/mol. The first-order chi connectivity index (χ1) is 4.62. The van der Waals surface area contributed by atoms with Gasteiger partial charge in [-0.2, -0.15) is 11.8 Å². The molecule has 0 rings (SSSR count). The zero-order chi connectivity index (χ0) is 8.04. The van der Waals surface area contributed by atoms with Gasteiger partial charge in [0.2, 0.25) is 0 Å². The summed E-state index contributed by atoms with van der Waals surface area (Å²) < 4.78 is 0.398. The number of rotatable bonds is 5. The molecule has 10 heavy (non-hydrogen) atoms. The van der Waals surface area contributed by atoms with Crippen molar-refractivity contribution in [3.8, 4) is 0 Å². The van der Waals surface area contributed by atoms with Crippen molar-refractivity contribution in [3.63, 3.8) is 0 Å². The number of hydrogen-bond donors (Lipinski definition) is 1. The molecule has 0 fully saturated rings. The van der Waals surface area contributed by atoms with Gasteiger partial charge in [-0.15, -0.1) is 0 Å². The standard InChI is InChI=1S/C8H18OS/c1-4-8(2,3)10-7-5-6-9/h9H,4-7H2,1-3H3. The van der Waals surface area contributed by atoms with Crippen LogP contribution in [0.5, 0.6) is 0 Å². The summed E-state index contributed by atoms with van der Waals surface area (Å²) in [5, 5.41) is 8.52. The van der Waals surface area contributed by atoms with E-state index < -0.39 is 0 Å². The Kier molecular flexibility index (Phi) is 5.18. The molecule has 0 aromatic heterocycles. The predicted octanol–water partition coefficient (Wildman–Crippen LogP) is 2.29. The smallest absolute Gasteiger partial charge is 0.0438 e. The minimum absolute atomic E-state index is 0.326. The second-order valence-electron chi connectivity index (χ2n) is 3.04. The molecular weight excluding hydrogens is 144 g/mol. The third-order valence-electron chi connectivity index (χ3n) is 1.65. The summed E-state index contributed by atoms with van der Waals surface area (Å²) in [6.07, 6.45) is 2.12. The van der Waals surface area contributed by atoms with Gasteiger partial charge in [-0.05, 0) is 18.6 Å². The summed E-state index contributed by atoms with van der Waals surface area (Å²) in [6, 6.07) is 0. The molecular formula is C8H18OS. The highest BCUT2D eigenvalue weighted by Crippen LogP contribution is 2.27. The Bertz CT molecular complexity index is 81.3. The molecule has 0 aromatic carbocycles. The van der Waals surface area contributed by atoms with Crippen molar-refractivity contribution in [2.24, 2.45) is 0 Å². The van der Waals surface area contributed by atoms with Crippen molar-refractivity contribution in [1.82, 2.24) is 0 Å².